The standard InChI is InChI=1S/C29H32N6O/c1-18-7-5-6-8-23(18)28(36)31-16-19-9-11-20(12-10-19)25-24-26(30)32-17-33-27(24)35(34-25)22-14-13-21(15-22)29(2,3)4/h5-14,17,21-22H,15-16H2,1-4H3,(H,31,36)(H2,30,32,33). The molecule has 2 aromatic carbocycles. The molecule has 5 rings (SSSR count). The van der Waals surface area contributed by atoms with E-state index in [-0.39, 0.29) is 17.4 Å². The van der Waals surface area contributed by atoms with Gasteiger partial charge in [0.15, 0.2) is 5.65 Å². The van der Waals surface area contributed by atoms with E-state index < -0.39 is 0 Å². The third-order valence-corrected chi connectivity index (χ3v) is 7.08. The number of hydrogen-bond donors (Lipinski definition) is 2. The monoisotopic (exact) mass is 480 g/mol. The molecule has 7 nitrogen and oxygen atoms in total. The first kappa shape index (κ1) is 23.7. The van der Waals surface area contributed by atoms with E-state index in [1.165, 1.54) is 6.33 Å². The highest BCUT2D eigenvalue weighted by molar-refractivity contribution is 5.98. The molecule has 2 unspecified atom stereocenters. The quantitative estimate of drug-likeness (QED) is 0.369. The summed E-state index contributed by atoms with van der Waals surface area (Å²) in [5, 5.41) is 8.76. The third kappa shape index (κ3) is 4.49. The van der Waals surface area contributed by atoms with Crippen molar-refractivity contribution in [3.8, 4) is 11.3 Å². The predicted octanol–water partition coefficient (Wildman–Crippen LogP) is 5.48. The summed E-state index contributed by atoms with van der Waals surface area (Å²) in [5.74, 6) is 0.814. The summed E-state index contributed by atoms with van der Waals surface area (Å²) >= 11 is 0. The number of nitrogens with zero attached hydrogens (tertiary/aromatic N) is 4. The molecule has 4 aromatic rings. The normalized spacial score (nSPS) is 17.6. The number of anilines is 1. The molecule has 1 amide bonds. The van der Waals surface area contributed by atoms with Gasteiger partial charge in [-0.2, -0.15) is 5.10 Å². The Morgan fingerprint density at radius 1 is 1.08 bits per heavy atom. The van der Waals surface area contributed by atoms with Gasteiger partial charge in [0.25, 0.3) is 5.91 Å². The van der Waals surface area contributed by atoms with Gasteiger partial charge in [0, 0.05) is 17.7 Å². The number of nitrogens with one attached hydrogen (secondary N) is 1. The number of allylic oxidation sites excluding steroid dienone is 2. The molecular weight excluding hydrogens is 448 g/mol. The van der Waals surface area contributed by atoms with Crippen molar-refractivity contribution in [1.29, 1.82) is 0 Å². The first-order chi connectivity index (χ1) is 17.2. The Kier molecular flexibility index (Phi) is 6.08. The van der Waals surface area contributed by atoms with E-state index in [2.05, 4.69) is 48.2 Å². The van der Waals surface area contributed by atoms with Gasteiger partial charge in [-0.1, -0.05) is 75.4 Å². The van der Waals surface area contributed by atoms with Crippen molar-refractivity contribution in [3.05, 3.63) is 83.7 Å². The van der Waals surface area contributed by atoms with Crippen molar-refractivity contribution >= 4 is 22.8 Å². The Bertz CT molecular complexity index is 1450. The molecule has 1 aliphatic rings. The highest BCUT2D eigenvalue weighted by atomic mass is 16.1. The van der Waals surface area contributed by atoms with Crippen LogP contribution in [0.4, 0.5) is 5.82 Å². The van der Waals surface area contributed by atoms with Crippen molar-refractivity contribution in [2.24, 2.45) is 11.3 Å². The number of amides is 1. The van der Waals surface area contributed by atoms with Gasteiger partial charge < -0.3 is 11.1 Å². The highest BCUT2D eigenvalue weighted by Gasteiger charge is 2.31. The van der Waals surface area contributed by atoms with E-state index in [1.807, 2.05) is 60.1 Å². The maximum absolute atomic E-state index is 12.6. The van der Waals surface area contributed by atoms with Crippen LogP contribution in [0.3, 0.4) is 0 Å². The zero-order chi connectivity index (χ0) is 25.4. The number of nitrogen functional groups attached to an aromatic ring is 1. The summed E-state index contributed by atoms with van der Waals surface area (Å²) in [6, 6.07) is 15.7. The van der Waals surface area contributed by atoms with Crippen molar-refractivity contribution in [3.63, 3.8) is 0 Å². The fourth-order valence-corrected chi connectivity index (χ4v) is 4.82. The van der Waals surface area contributed by atoms with Crippen LogP contribution in [0.25, 0.3) is 22.3 Å². The van der Waals surface area contributed by atoms with Crippen LogP contribution in [0.1, 0.15) is 54.7 Å². The molecule has 0 saturated heterocycles. The molecule has 0 spiro atoms. The van der Waals surface area contributed by atoms with Crippen molar-refractivity contribution in [2.75, 3.05) is 5.73 Å². The molecular formula is C29H32N6O. The number of rotatable bonds is 5. The number of hydrogen-bond acceptors (Lipinski definition) is 5. The number of benzene rings is 2. The lowest BCUT2D eigenvalue weighted by molar-refractivity contribution is 0.0950. The third-order valence-electron chi connectivity index (χ3n) is 7.08. The molecule has 3 N–H and O–H groups in total. The number of aryl methyl sites for hydroxylation is 1. The van der Waals surface area contributed by atoms with Crippen LogP contribution in [-0.4, -0.2) is 25.7 Å². The Hall–Kier alpha value is -4.00. The molecule has 2 atom stereocenters. The fraction of sp³-hybridized carbons (Fsp3) is 0.310. The van der Waals surface area contributed by atoms with E-state index in [0.29, 0.717) is 23.8 Å². The lowest BCUT2D eigenvalue weighted by Gasteiger charge is -2.26. The zero-order valence-corrected chi connectivity index (χ0v) is 21.2. The largest absolute Gasteiger partial charge is 0.383 e. The Morgan fingerprint density at radius 3 is 2.53 bits per heavy atom. The van der Waals surface area contributed by atoms with Crippen LogP contribution in [0.15, 0.2) is 67.0 Å². The Labute approximate surface area is 211 Å². The van der Waals surface area contributed by atoms with Gasteiger partial charge in [-0.15, -0.1) is 0 Å². The van der Waals surface area contributed by atoms with E-state index in [9.17, 15) is 4.79 Å². The lowest BCUT2D eigenvalue weighted by Crippen LogP contribution is -2.23. The van der Waals surface area contributed by atoms with Gasteiger partial charge in [-0.3, -0.25) is 4.79 Å². The summed E-state index contributed by atoms with van der Waals surface area (Å²) in [6.07, 6.45) is 7.00. The lowest BCUT2D eigenvalue weighted by atomic mass is 9.80. The second kappa shape index (κ2) is 9.22. The molecule has 7 heteroatoms. The van der Waals surface area contributed by atoms with Crippen LogP contribution in [0.5, 0.6) is 0 Å². The molecule has 0 aliphatic heterocycles. The second-order valence-corrected chi connectivity index (χ2v) is 10.6. The maximum Gasteiger partial charge on any atom is 0.251 e. The average molecular weight is 481 g/mol. The Balaban J connectivity index is 1.40. The van der Waals surface area contributed by atoms with E-state index in [4.69, 9.17) is 10.8 Å². The van der Waals surface area contributed by atoms with Crippen LogP contribution < -0.4 is 11.1 Å². The van der Waals surface area contributed by atoms with Crippen molar-refractivity contribution in [2.45, 2.75) is 46.7 Å². The number of aromatic nitrogens is 4. The SMILES string of the molecule is Cc1ccccc1C(=O)NCc1ccc(-c2nn(C3C=CC(C(C)(C)C)C3)c3ncnc(N)c23)cc1. The van der Waals surface area contributed by atoms with E-state index in [1.54, 1.807) is 0 Å². The molecule has 36 heavy (non-hydrogen) atoms. The predicted molar refractivity (Wildman–Crippen MR) is 143 cm³/mol. The fourth-order valence-electron chi connectivity index (χ4n) is 4.82. The van der Waals surface area contributed by atoms with Crippen molar-refractivity contribution in [1.82, 2.24) is 25.1 Å². The van der Waals surface area contributed by atoms with Crippen LogP contribution in [0, 0.1) is 18.3 Å². The summed E-state index contributed by atoms with van der Waals surface area (Å²) in [6.45, 7) is 9.18. The van der Waals surface area contributed by atoms with Gasteiger partial charge in [-0.25, -0.2) is 14.6 Å². The first-order valence-electron chi connectivity index (χ1n) is 12.3. The first-order valence-corrected chi connectivity index (χ1v) is 12.3. The Morgan fingerprint density at radius 2 is 1.83 bits per heavy atom. The van der Waals surface area contributed by atoms with Crippen molar-refractivity contribution < 1.29 is 4.79 Å². The molecule has 2 aromatic heterocycles. The van der Waals surface area contributed by atoms with Gasteiger partial charge >= 0.3 is 0 Å². The van der Waals surface area contributed by atoms with Crippen LogP contribution in [0.2, 0.25) is 0 Å². The molecule has 2 heterocycles. The molecule has 0 fully saturated rings. The second-order valence-electron chi connectivity index (χ2n) is 10.6. The number of carbonyl (C=O) groups excluding carboxylic acids is 1. The zero-order valence-electron chi connectivity index (χ0n) is 21.2. The summed E-state index contributed by atoms with van der Waals surface area (Å²) < 4.78 is 1.99. The smallest absolute Gasteiger partial charge is 0.251 e. The number of carbonyl (C=O) groups is 1. The maximum atomic E-state index is 12.6. The molecule has 1 aliphatic carbocycles. The minimum Gasteiger partial charge on any atom is -0.383 e. The van der Waals surface area contributed by atoms with E-state index >= 15 is 0 Å². The molecule has 0 bridgehead atoms. The molecule has 0 saturated carbocycles. The highest BCUT2D eigenvalue weighted by Crippen LogP contribution is 2.41. The molecule has 184 valence electrons. The molecule has 0 radical (unpaired) electrons. The topological polar surface area (TPSA) is 98.7 Å². The minimum absolute atomic E-state index is 0.0787. The minimum atomic E-state index is -0.0787. The summed E-state index contributed by atoms with van der Waals surface area (Å²) in [7, 11) is 0. The van der Waals surface area contributed by atoms with Crippen LogP contribution in [-0.2, 0) is 6.54 Å². The van der Waals surface area contributed by atoms with E-state index in [0.717, 1.165) is 39.8 Å². The number of fused-ring (bicyclic) bond motifs is 1. The summed E-state index contributed by atoms with van der Waals surface area (Å²) in [5.41, 5.74) is 11.6. The van der Waals surface area contributed by atoms with Crippen LogP contribution >= 0.6 is 0 Å². The van der Waals surface area contributed by atoms with Gasteiger partial charge in [-0.05, 0) is 41.9 Å². The summed E-state index contributed by atoms with van der Waals surface area (Å²) in [4.78, 5) is 21.4. The van der Waals surface area contributed by atoms with Gasteiger partial charge in [0.1, 0.15) is 17.8 Å². The van der Waals surface area contributed by atoms with Gasteiger partial charge in [0.2, 0.25) is 0 Å². The van der Waals surface area contributed by atoms with Gasteiger partial charge in [0.05, 0.1) is 11.4 Å². The average Bonchev–Trinajstić information content (AvgIpc) is 3.49. The number of nitrogens with two attached hydrogens (primary N) is 1.